The van der Waals surface area contributed by atoms with Crippen molar-refractivity contribution in [1.82, 2.24) is 9.97 Å². The lowest BCUT2D eigenvalue weighted by molar-refractivity contribution is -0.142. The summed E-state index contributed by atoms with van der Waals surface area (Å²) >= 11 is 0. The number of ether oxygens (including phenoxy) is 2. The number of rotatable bonds is 7. The summed E-state index contributed by atoms with van der Waals surface area (Å²) < 4.78 is 10.1. The lowest BCUT2D eigenvalue weighted by Gasteiger charge is -2.17. The second-order valence-electron chi connectivity index (χ2n) is 3.63. The first-order chi connectivity index (χ1) is 8.67. The summed E-state index contributed by atoms with van der Waals surface area (Å²) in [6, 6.07) is 0. The van der Waals surface area contributed by atoms with E-state index in [9.17, 15) is 4.79 Å². The fourth-order valence-electron chi connectivity index (χ4n) is 1.35. The first-order valence-electron chi connectivity index (χ1n) is 5.99. The number of hydrogen-bond acceptors (Lipinski definition) is 6. The highest BCUT2D eigenvalue weighted by atomic mass is 16.5. The Hall–Kier alpha value is -1.85. The van der Waals surface area contributed by atoms with Crippen molar-refractivity contribution in [2.45, 2.75) is 20.3 Å². The molecule has 1 aromatic rings. The summed E-state index contributed by atoms with van der Waals surface area (Å²) in [7, 11) is 1.85. The van der Waals surface area contributed by atoms with Gasteiger partial charge in [0.05, 0.1) is 32.0 Å². The Bertz CT molecular complexity index is 385. The van der Waals surface area contributed by atoms with Crippen molar-refractivity contribution in [2.24, 2.45) is 0 Å². The van der Waals surface area contributed by atoms with E-state index in [0.717, 1.165) is 0 Å². The molecule has 6 heteroatoms. The van der Waals surface area contributed by atoms with Crippen LogP contribution < -0.4 is 9.64 Å². The third kappa shape index (κ3) is 4.57. The number of carbonyl (C=O) groups is 1. The van der Waals surface area contributed by atoms with Crippen LogP contribution in [0.4, 0.5) is 5.82 Å². The summed E-state index contributed by atoms with van der Waals surface area (Å²) in [5.41, 5.74) is 0. The molecule has 0 aromatic carbocycles. The molecule has 1 heterocycles. The van der Waals surface area contributed by atoms with E-state index in [2.05, 4.69) is 9.97 Å². The van der Waals surface area contributed by atoms with Crippen LogP contribution in [0.2, 0.25) is 0 Å². The molecule has 18 heavy (non-hydrogen) atoms. The average molecular weight is 253 g/mol. The topological polar surface area (TPSA) is 64.5 Å². The van der Waals surface area contributed by atoms with E-state index >= 15 is 0 Å². The van der Waals surface area contributed by atoms with Gasteiger partial charge in [-0.1, -0.05) is 0 Å². The van der Waals surface area contributed by atoms with E-state index in [1.54, 1.807) is 19.3 Å². The number of carbonyl (C=O) groups excluding carboxylic acids is 1. The van der Waals surface area contributed by atoms with Crippen LogP contribution in [0.3, 0.4) is 0 Å². The van der Waals surface area contributed by atoms with Crippen LogP contribution in [0.25, 0.3) is 0 Å². The molecule has 0 radical (unpaired) electrons. The van der Waals surface area contributed by atoms with E-state index in [1.165, 1.54) is 0 Å². The molecule has 0 atom stereocenters. The van der Waals surface area contributed by atoms with Crippen LogP contribution in [0.1, 0.15) is 20.3 Å². The third-order valence-corrected chi connectivity index (χ3v) is 2.24. The van der Waals surface area contributed by atoms with E-state index in [4.69, 9.17) is 9.47 Å². The van der Waals surface area contributed by atoms with Crippen molar-refractivity contribution in [3.63, 3.8) is 0 Å². The smallest absolute Gasteiger partial charge is 0.307 e. The minimum atomic E-state index is -0.210. The quantitative estimate of drug-likeness (QED) is 0.682. The molecule has 1 aromatic heterocycles. The molecular weight excluding hydrogens is 234 g/mol. The zero-order chi connectivity index (χ0) is 13.4. The molecule has 0 unspecified atom stereocenters. The summed E-state index contributed by atoms with van der Waals surface area (Å²) in [6.07, 6.45) is 3.52. The van der Waals surface area contributed by atoms with Crippen molar-refractivity contribution in [2.75, 3.05) is 31.7 Å². The van der Waals surface area contributed by atoms with Crippen LogP contribution in [0.15, 0.2) is 12.4 Å². The van der Waals surface area contributed by atoms with Gasteiger partial charge >= 0.3 is 5.97 Å². The van der Waals surface area contributed by atoms with Gasteiger partial charge in [0, 0.05) is 13.6 Å². The molecule has 1 rings (SSSR count). The second-order valence-corrected chi connectivity index (χ2v) is 3.63. The van der Waals surface area contributed by atoms with Crippen LogP contribution in [-0.4, -0.2) is 42.7 Å². The molecule has 0 aliphatic heterocycles. The average Bonchev–Trinajstić information content (AvgIpc) is 2.37. The van der Waals surface area contributed by atoms with Crippen LogP contribution in [0, 0.1) is 0 Å². The van der Waals surface area contributed by atoms with Gasteiger partial charge in [0.25, 0.3) is 0 Å². The molecular formula is C12H19N3O3. The fourth-order valence-corrected chi connectivity index (χ4v) is 1.35. The standard InChI is InChI=1S/C12H19N3O3/c1-4-17-11-9-13-8-10(14-11)15(3)7-6-12(16)18-5-2/h8-9H,4-7H2,1-3H3. The van der Waals surface area contributed by atoms with Crippen molar-refractivity contribution in [3.05, 3.63) is 12.4 Å². The summed E-state index contributed by atoms with van der Waals surface area (Å²) in [5, 5.41) is 0. The number of hydrogen-bond donors (Lipinski definition) is 0. The van der Waals surface area contributed by atoms with Crippen molar-refractivity contribution >= 4 is 11.8 Å². The molecule has 0 spiro atoms. The molecule has 0 aliphatic rings. The number of nitrogens with zero attached hydrogens (tertiary/aromatic N) is 3. The van der Waals surface area contributed by atoms with Crippen molar-refractivity contribution in [1.29, 1.82) is 0 Å². The molecule has 0 amide bonds. The first kappa shape index (κ1) is 14.2. The molecule has 0 saturated carbocycles. The maximum Gasteiger partial charge on any atom is 0.307 e. The normalized spacial score (nSPS) is 9.94. The van der Waals surface area contributed by atoms with Gasteiger partial charge in [0.15, 0.2) is 5.82 Å². The Morgan fingerprint density at radius 3 is 2.78 bits per heavy atom. The zero-order valence-electron chi connectivity index (χ0n) is 11.0. The maximum atomic E-state index is 11.2. The predicted molar refractivity (Wildman–Crippen MR) is 67.7 cm³/mol. The first-order valence-corrected chi connectivity index (χ1v) is 5.99. The Kier molecular flexibility index (Phi) is 5.90. The Balaban J connectivity index is 2.52. The van der Waals surface area contributed by atoms with Crippen LogP contribution >= 0.6 is 0 Å². The molecule has 0 saturated heterocycles. The van der Waals surface area contributed by atoms with E-state index < -0.39 is 0 Å². The molecule has 0 fully saturated rings. The summed E-state index contributed by atoms with van der Waals surface area (Å²) in [6.45, 7) is 5.16. The van der Waals surface area contributed by atoms with Crippen molar-refractivity contribution < 1.29 is 14.3 Å². The van der Waals surface area contributed by atoms with Gasteiger partial charge in [-0.05, 0) is 13.8 Å². The monoisotopic (exact) mass is 253 g/mol. The van der Waals surface area contributed by atoms with Gasteiger partial charge in [-0.25, -0.2) is 0 Å². The number of aromatic nitrogens is 2. The van der Waals surface area contributed by atoms with Gasteiger partial charge in [-0.15, -0.1) is 0 Å². The van der Waals surface area contributed by atoms with Crippen LogP contribution in [0.5, 0.6) is 5.88 Å². The highest BCUT2D eigenvalue weighted by Gasteiger charge is 2.08. The zero-order valence-corrected chi connectivity index (χ0v) is 11.0. The summed E-state index contributed by atoms with van der Waals surface area (Å²) in [4.78, 5) is 21.4. The Morgan fingerprint density at radius 2 is 2.11 bits per heavy atom. The van der Waals surface area contributed by atoms with E-state index in [0.29, 0.717) is 37.9 Å². The van der Waals surface area contributed by atoms with E-state index in [1.807, 2.05) is 18.9 Å². The lowest BCUT2D eigenvalue weighted by atomic mass is 10.4. The predicted octanol–water partition coefficient (Wildman–Crippen LogP) is 1.26. The van der Waals surface area contributed by atoms with Gasteiger partial charge in [0.2, 0.25) is 5.88 Å². The largest absolute Gasteiger partial charge is 0.477 e. The fraction of sp³-hybridized carbons (Fsp3) is 0.583. The van der Waals surface area contributed by atoms with Gasteiger partial charge in [-0.2, -0.15) is 4.98 Å². The van der Waals surface area contributed by atoms with Gasteiger partial charge in [-0.3, -0.25) is 9.78 Å². The number of esters is 1. The highest BCUT2D eigenvalue weighted by molar-refractivity contribution is 5.70. The van der Waals surface area contributed by atoms with E-state index in [-0.39, 0.29) is 5.97 Å². The lowest BCUT2D eigenvalue weighted by Crippen LogP contribution is -2.23. The third-order valence-electron chi connectivity index (χ3n) is 2.24. The highest BCUT2D eigenvalue weighted by Crippen LogP contribution is 2.12. The molecule has 0 aliphatic carbocycles. The van der Waals surface area contributed by atoms with Gasteiger partial charge < -0.3 is 14.4 Å². The molecule has 0 N–H and O–H groups in total. The second kappa shape index (κ2) is 7.47. The number of anilines is 1. The van der Waals surface area contributed by atoms with Crippen molar-refractivity contribution in [3.8, 4) is 5.88 Å². The minimum absolute atomic E-state index is 0.210. The maximum absolute atomic E-state index is 11.2. The molecule has 6 nitrogen and oxygen atoms in total. The van der Waals surface area contributed by atoms with Crippen LogP contribution in [-0.2, 0) is 9.53 Å². The Labute approximate surface area is 107 Å². The summed E-state index contributed by atoms with van der Waals surface area (Å²) in [5.74, 6) is 0.946. The van der Waals surface area contributed by atoms with Gasteiger partial charge in [0.1, 0.15) is 0 Å². The molecule has 100 valence electrons. The minimum Gasteiger partial charge on any atom is -0.477 e. The Morgan fingerprint density at radius 1 is 1.33 bits per heavy atom. The molecule has 0 bridgehead atoms. The SMILES string of the molecule is CCOC(=O)CCN(C)c1cncc(OCC)n1.